The molecule has 2 bridgehead atoms. The summed E-state index contributed by atoms with van der Waals surface area (Å²) in [6.45, 7) is 9.70. The van der Waals surface area contributed by atoms with Crippen LogP contribution in [0, 0.1) is 32.4 Å². The zero-order valence-electron chi connectivity index (χ0n) is 27.2. The second-order valence-electron chi connectivity index (χ2n) is 13.1. The summed E-state index contributed by atoms with van der Waals surface area (Å²) in [6, 6.07) is 16.6. The highest BCUT2D eigenvalue weighted by Crippen LogP contribution is 2.37. The van der Waals surface area contributed by atoms with Crippen molar-refractivity contribution in [3.05, 3.63) is 105 Å². The zero-order valence-corrected chi connectivity index (χ0v) is 27.2. The Kier molecular flexibility index (Phi) is 9.27. The molecule has 2 fully saturated rings. The Balaban J connectivity index is 1.25. The van der Waals surface area contributed by atoms with Crippen molar-refractivity contribution in [3.63, 3.8) is 0 Å². The van der Waals surface area contributed by atoms with Gasteiger partial charge >= 0.3 is 0 Å². The fraction of sp³-hybridized carbons (Fsp3) is 0.421. The van der Waals surface area contributed by atoms with Crippen LogP contribution in [0.4, 0.5) is 8.78 Å². The minimum Gasteiger partial charge on any atom is -0.493 e. The van der Waals surface area contributed by atoms with E-state index in [1.54, 1.807) is 13.0 Å². The van der Waals surface area contributed by atoms with E-state index in [9.17, 15) is 18.4 Å². The van der Waals surface area contributed by atoms with Crippen LogP contribution in [0.5, 0.6) is 5.75 Å². The Morgan fingerprint density at radius 3 is 2.48 bits per heavy atom. The van der Waals surface area contributed by atoms with Gasteiger partial charge in [0.1, 0.15) is 5.75 Å². The quantitative estimate of drug-likeness (QED) is 0.296. The molecule has 3 aromatic carbocycles. The maximum Gasteiger partial charge on any atom is 0.252 e. The summed E-state index contributed by atoms with van der Waals surface area (Å²) in [5, 5.41) is 3.61. The predicted molar refractivity (Wildman–Crippen MR) is 176 cm³/mol. The van der Waals surface area contributed by atoms with Gasteiger partial charge in [0, 0.05) is 50.6 Å². The second-order valence-corrected chi connectivity index (χ2v) is 13.1. The molecule has 8 heteroatoms. The van der Waals surface area contributed by atoms with Gasteiger partial charge in [0.05, 0.1) is 12.6 Å². The molecule has 46 heavy (non-hydrogen) atoms. The lowest BCUT2D eigenvalue weighted by atomic mass is 9.82. The van der Waals surface area contributed by atoms with Crippen LogP contribution in [-0.2, 0) is 22.4 Å². The van der Waals surface area contributed by atoms with Crippen molar-refractivity contribution in [3.8, 4) is 5.75 Å². The van der Waals surface area contributed by atoms with Gasteiger partial charge in [0.2, 0.25) is 5.91 Å². The Morgan fingerprint density at radius 1 is 1.00 bits per heavy atom. The molecule has 2 heterocycles. The van der Waals surface area contributed by atoms with E-state index in [0.717, 1.165) is 53.3 Å². The fourth-order valence-corrected chi connectivity index (χ4v) is 6.90. The Bertz CT molecular complexity index is 1660. The van der Waals surface area contributed by atoms with Gasteiger partial charge in [-0.1, -0.05) is 42.5 Å². The zero-order chi connectivity index (χ0) is 32.5. The number of hydrogen-bond acceptors (Lipinski definition) is 4. The minimum absolute atomic E-state index is 0.00466. The lowest BCUT2D eigenvalue weighted by molar-refractivity contribution is -0.132. The largest absolute Gasteiger partial charge is 0.493 e. The first-order valence-electron chi connectivity index (χ1n) is 16.4. The van der Waals surface area contributed by atoms with Crippen LogP contribution in [0.3, 0.4) is 0 Å². The number of nitrogens with zero attached hydrogens (tertiary/aromatic N) is 2. The van der Waals surface area contributed by atoms with E-state index in [1.165, 1.54) is 17.2 Å². The molecule has 6 rings (SSSR count). The standard InChI is InChI=1S/C38H43F2N3O3/c1-23-18-24(2)25(3)35(19-23)46-17-15-27-8-10-28(11-9-27)32-20-30-21-42(26(4)44)22-34(41-30)36(32)38(45)43(31-12-13-31)16-14-29-6-5-7-33(39)37(29)40/h5-11,18-19,30-31,34,41H,12-17,20-22H2,1-4H3/t30?,34-/m1/s1. The van der Waals surface area contributed by atoms with Crippen LogP contribution in [0.25, 0.3) is 5.57 Å². The topological polar surface area (TPSA) is 61.9 Å². The maximum absolute atomic E-state index is 14.5. The number of amides is 2. The van der Waals surface area contributed by atoms with E-state index in [4.69, 9.17) is 4.74 Å². The van der Waals surface area contributed by atoms with Crippen molar-refractivity contribution in [2.24, 2.45) is 0 Å². The van der Waals surface area contributed by atoms with Crippen molar-refractivity contribution in [1.82, 2.24) is 15.1 Å². The molecule has 1 N–H and O–H groups in total. The van der Waals surface area contributed by atoms with Gasteiger partial charge in [-0.3, -0.25) is 9.59 Å². The van der Waals surface area contributed by atoms with Crippen LogP contribution in [0.1, 0.15) is 59.6 Å². The van der Waals surface area contributed by atoms with Gasteiger partial charge < -0.3 is 19.9 Å². The number of piperazine rings is 1. The van der Waals surface area contributed by atoms with E-state index in [1.807, 2.05) is 9.80 Å². The summed E-state index contributed by atoms with van der Waals surface area (Å²) in [5.74, 6) is -0.904. The SMILES string of the molecule is CC(=O)N1CC2CC(c3ccc(CCOc4cc(C)cc(C)c4C)cc3)=C(C(=O)N(CCc3cccc(F)c3F)C3CC3)[C@@H](C1)N2. The van der Waals surface area contributed by atoms with Crippen molar-refractivity contribution < 1.29 is 23.1 Å². The third-order valence-corrected chi connectivity index (χ3v) is 9.70. The van der Waals surface area contributed by atoms with Crippen molar-refractivity contribution in [2.75, 3.05) is 26.2 Å². The first-order chi connectivity index (χ1) is 22.1. The van der Waals surface area contributed by atoms with E-state index < -0.39 is 11.6 Å². The van der Waals surface area contributed by atoms with Crippen molar-refractivity contribution >= 4 is 17.4 Å². The molecule has 2 amide bonds. The van der Waals surface area contributed by atoms with Gasteiger partial charge in [-0.25, -0.2) is 8.78 Å². The summed E-state index contributed by atoms with van der Waals surface area (Å²) in [6.07, 6.45) is 3.38. The molecule has 2 atom stereocenters. The first kappa shape index (κ1) is 31.9. The molecule has 0 spiro atoms. The van der Waals surface area contributed by atoms with Crippen LogP contribution < -0.4 is 10.1 Å². The predicted octanol–water partition coefficient (Wildman–Crippen LogP) is 6.09. The van der Waals surface area contributed by atoms with Gasteiger partial charge in [-0.2, -0.15) is 0 Å². The highest BCUT2D eigenvalue weighted by molar-refractivity contribution is 6.03. The average molecular weight is 628 g/mol. The molecule has 0 radical (unpaired) electrons. The summed E-state index contributed by atoms with van der Waals surface area (Å²) in [7, 11) is 0. The molecular weight excluding hydrogens is 584 g/mol. The smallest absolute Gasteiger partial charge is 0.252 e. The molecule has 1 aliphatic carbocycles. The molecule has 1 unspecified atom stereocenters. The molecule has 1 saturated carbocycles. The first-order valence-corrected chi connectivity index (χ1v) is 16.4. The monoisotopic (exact) mass is 627 g/mol. The van der Waals surface area contributed by atoms with E-state index in [0.29, 0.717) is 38.2 Å². The lowest BCUT2D eigenvalue weighted by Crippen LogP contribution is -2.62. The van der Waals surface area contributed by atoms with Gasteiger partial charge in [0.15, 0.2) is 11.6 Å². The number of benzene rings is 3. The molecule has 2 aliphatic heterocycles. The number of aryl methyl sites for hydroxylation is 2. The van der Waals surface area contributed by atoms with Crippen molar-refractivity contribution in [2.45, 2.75) is 77.9 Å². The van der Waals surface area contributed by atoms with Crippen LogP contribution in [0.15, 0.2) is 60.2 Å². The van der Waals surface area contributed by atoms with Gasteiger partial charge in [-0.05, 0) is 97.5 Å². The van der Waals surface area contributed by atoms with E-state index in [-0.39, 0.29) is 41.9 Å². The number of carbonyl (C=O) groups is 2. The third kappa shape index (κ3) is 6.87. The normalized spacial score (nSPS) is 19.3. The minimum atomic E-state index is -0.878. The molecular formula is C38H43F2N3O3. The number of nitrogens with one attached hydrogen (secondary N) is 1. The molecule has 242 valence electrons. The van der Waals surface area contributed by atoms with Gasteiger partial charge in [0.25, 0.3) is 5.91 Å². The molecule has 3 aliphatic rings. The highest BCUT2D eigenvalue weighted by Gasteiger charge is 2.42. The van der Waals surface area contributed by atoms with E-state index in [2.05, 4.69) is 62.5 Å². The number of fused-ring (bicyclic) bond motifs is 2. The maximum atomic E-state index is 14.5. The highest BCUT2D eigenvalue weighted by atomic mass is 19.2. The second kappa shape index (κ2) is 13.4. The fourth-order valence-electron chi connectivity index (χ4n) is 6.90. The van der Waals surface area contributed by atoms with E-state index >= 15 is 0 Å². The number of rotatable bonds is 10. The summed E-state index contributed by atoms with van der Waals surface area (Å²) >= 11 is 0. The van der Waals surface area contributed by atoms with Crippen molar-refractivity contribution in [1.29, 1.82) is 0 Å². The van der Waals surface area contributed by atoms with Gasteiger partial charge in [-0.15, -0.1) is 0 Å². The number of halogens is 2. The molecule has 0 aromatic heterocycles. The summed E-state index contributed by atoms with van der Waals surface area (Å²) in [4.78, 5) is 30.5. The summed E-state index contributed by atoms with van der Waals surface area (Å²) in [5.41, 5.74) is 7.64. The Hall–Kier alpha value is -4.04. The average Bonchev–Trinajstić information content (AvgIpc) is 3.87. The molecule has 3 aromatic rings. The number of carbonyl (C=O) groups excluding carboxylic acids is 2. The number of ether oxygens (including phenoxy) is 1. The third-order valence-electron chi connectivity index (χ3n) is 9.70. The molecule has 6 nitrogen and oxygen atoms in total. The Labute approximate surface area is 270 Å². The summed E-state index contributed by atoms with van der Waals surface area (Å²) < 4.78 is 34.6. The van der Waals surface area contributed by atoms with Crippen LogP contribution >= 0.6 is 0 Å². The number of hydrogen-bond donors (Lipinski definition) is 1. The molecule has 1 saturated heterocycles. The Morgan fingerprint density at radius 2 is 1.76 bits per heavy atom. The lowest BCUT2D eigenvalue weighted by Gasteiger charge is -2.44. The van der Waals surface area contributed by atoms with Crippen LogP contribution in [0.2, 0.25) is 0 Å². The van der Waals surface area contributed by atoms with Crippen LogP contribution in [-0.4, -0.2) is 66.0 Å².